The lowest BCUT2D eigenvalue weighted by Gasteiger charge is -2.30. The average molecular weight is 431 g/mol. The third kappa shape index (κ3) is 5.57. The van der Waals surface area contributed by atoms with Crippen molar-refractivity contribution < 1.29 is 14.3 Å². The molecule has 2 aromatic carbocycles. The normalized spacial score (nSPS) is 14.7. The number of hydrogen-bond acceptors (Lipinski definition) is 3. The van der Waals surface area contributed by atoms with Crippen molar-refractivity contribution in [3.05, 3.63) is 58.6 Å². The van der Waals surface area contributed by atoms with Crippen LogP contribution in [0.25, 0.3) is 0 Å². The van der Waals surface area contributed by atoms with E-state index < -0.39 is 0 Å². The van der Waals surface area contributed by atoms with Gasteiger partial charge in [-0.3, -0.25) is 9.59 Å². The lowest BCUT2D eigenvalue weighted by Crippen LogP contribution is -2.37. The summed E-state index contributed by atoms with van der Waals surface area (Å²) in [6, 6.07) is 14.3. The number of rotatable bonds is 5. The smallest absolute Gasteiger partial charge is 0.262 e. The van der Waals surface area contributed by atoms with Crippen LogP contribution in [0.2, 0.25) is 0 Å². The maximum Gasteiger partial charge on any atom is 0.262 e. The molecule has 1 fully saturated rings. The fourth-order valence-electron chi connectivity index (χ4n) is 3.00. The summed E-state index contributed by atoms with van der Waals surface area (Å²) in [4.78, 5) is 26.7. The van der Waals surface area contributed by atoms with Crippen molar-refractivity contribution in [1.29, 1.82) is 0 Å². The third-order valence-corrected chi connectivity index (χ3v) is 5.18. The summed E-state index contributed by atoms with van der Waals surface area (Å²) in [5.41, 5.74) is 1.19. The second kappa shape index (κ2) is 9.04. The first kappa shape index (κ1) is 19.4. The number of benzene rings is 2. The minimum absolute atomic E-state index is 0.0177. The van der Waals surface area contributed by atoms with Gasteiger partial charge in [-0.1, -0.05) is 28.9 Å². The molecule has 0 unspecified atom stereocenters. The number of ether oxygens (including phenoxy) is 1. The Hall–Kier alpha value is -2.34. The van der Waals surface area contributed by atoms with Crippen LogP contribution in [0.1, 0.15) is 30.1 Å². The summed E-state index contributed by atoms with van der Waals surface area (Å²) >= 11 is 3.35. The standard InChI is InChI=1S/C21H23BrN2O3/c1-15-9-11-24(12-10-15)21(26)16-3-2-4-18(13-16)23-20(25)14-27-19-7-5-17(22)6-8-19/h2-8,13,15H,9-12,14H2,1H3,(H,23,25). The van der Waals surface area contributed by atoms with E-state index in [9.17, 15) is 9.59 Å². The number of carbonyl (C=O) groups excluding carboxylic acids is 2. The van der Waals surface area contributed by atoms with Crippen LogP contribution < -0.4 is 10.1 Å². The van der Waals surface area contributed by atoms with E-state index in [4.69, 9.17) is 4.74 Å². The molecule has 1 saturated heterocycles. The number of hydrogen-bond donors (Lipinski definition) is 1. The van der Waals surface area contributed by atoms with E-state index >= 15 is 0 Å². The summed E-state index contributed by atoms with van der Waals surface area (Å²) < 4.78 is 6.42. The fourth-order valence-corrected chi connectivity index (χ4v) is 3.27. The summed E-state index contributed by atoms with van der Waals surface area (Å²) in [6.07, 6.45) is 2.07. The monoisotopic (exact) mass is 430 g/mol. The van der Waals surface area contributed by atoms with Gasteiger partial charge in [0.05, 0.1) is 0 Å². The first-order valence-corrected chi connectivity index (χ1v) is 9.88. The van der Waals surface area contributed by atoms with Crippen LogP contribution in [0.3, 0.4) is 0 Å². The molecule has 1 N–H and O–H groups in total. The van der Waals surface area contributed by atoms with Crippen molar-refractivity contribution in [2.24, 2.45) is 5.92 Å². The summed E-state index contributed by atoms with van der Waals surface area (Å²) in [5.74, 6) is 1.04. The van der Waals surface area contributed by atoms with Gasteiger partial charge in [-0.05, 0) is 61.2 Å². The predicted octanol–water partition coefficient (Wildman–Crippen LogP) is 4.34. The largest absolute Gasteiger partial charge is 0.484 e. The Kier molecular flexibility index (Phi) is 6.50. The van der Waals surface area contributed by atoms with E-state index in [1.165, 1.54) is 0 Å². The van der Waals surface area contributed by atoms with Crippen LogP contribution >= 0.6 is 15.9 Å². The van der Waals surface area contributed by atoms with Crippen LogP contribution in [0.4, 0.5) is 5.69 Å². The van der Waals surface area contributed by atoms with Crippen molar-refractivity contribution >= 4 is 33.4 Å². The first-order valence-electron chi connectivity index (χ1n) is 9.09. The third-order valence-electron chi connectivity index (χ3n) is 4.65. The van der Waals surface area contributed by atoms with Gasteiger partial charge in [-0.25, -0.2) is 0 Å². The lowest BCUT2D eigenvalue weighted by molar-refractivity contribution is -0.118. The average Bonchev–Trinajstić information content (AvgIpc) is 2.68. The van der Waals surface area contributed by atoms with Gasteiger partial charge in [0.1, 0.15) is 5.75 Å². The minimum atomic E-state index is -0.269. The van der Waals surface area contributed by atoms with E-state index in [0.717, 1.165) is 30.4 Å². The molecule has 1 aliphatic heterocycles. The topological polar surface area (TPSA) is 58.6 Å². The molecule has 2 amide bonds. The molecule has 3 rings (SSSR count). The Morgan fingerprint density at radius 1 is 1.15 bits per heavy atom. The van der Waals surface area contributed by atoms with Gasteiger partial charge < -0.3 is 15.0 Å². The number of nitrogens with one attached hydrogen (secondary N) is 1. The van der Waals surface area contributed by atoms with Crippen molar-refractivity contribution in [2.45, 2.75) is 19.8 Å². The molecule has 0 spiro atoms. The maximum absolute atomic E-state index is 12.7. The van der Waals surface area contributed by atoms with Gasteiger partial charge in [0.2, 0.25) is 0 Å². The van der Waals surface area contributed by atoms with E-state index in [1.54, 1.807) is 36.4 Å². The molecule has 0 aliphatic carbocycles. The van der Waals surface area contributed by atoms with E-state index in [1.807, 2.05) is 17.0 Å². The van der Waals surface area contributed by atoms with Crippen molar-refractivity contribution in [2.75, 3.05) is 25.0 Å². The van der Waals surface area contributed by atoms with Crippen LogP contribution in [-0.4, -0.2) is 36.4 Å². The van der Waals surface area contributed by atoms with Crippen molar-refractivity contribution in [1.82, 2.24) is 4.90 Å². The van der Waals surface area contributed by atoms with Crippen LogP contribution in [0.5, 0.6) is 5.75 Å². The molecular formula is C21H23BrN2O3. The molecule has 27 heavy (non-hydrogen) atoms. The highest BCUT2D eigenvalue weighted by molar-refractivity contribution is 9.10. The highest BCUT2D eigenvalue weighted by Crippen LogP contribution is 2.20. The Morgan fingerprint density at radius 3 is 2.56 bits per heavy atom. The fraction of sp³-hybridized carbons (Fsp3) is 0.333. The highest BCUT2D eigenvalue weighted by Gasteiger charge is 2.21. The van der Waals surface area contributed by atoms with Gasteiger partial charge in [-0.2, -0.15) is 0 Å². The van der Waals surface area contributed by atoms with Crippen LogP contribution in [-0.2, 0) is 4.79 Å². The predicted molar refractivity (Wildman–Crippen MR) is 109 cm³/mol. The molecule has 0 bridgehead atoms. The second-order valence-corrected chi connectivity index (χ2v) is 7.76. The maximum atomic E-state index is 12.7. The van der Waals surface area contributed by atoms with Gasteiger partial charge in [-0.15, -0.1) is 0 Å². The van der Waals surface area contributed by atoms with Gasteiger partial charge >= 0.3 is 0 Å². The lowest BCUT2D eigenvalue weighted by atomic mass is 9.98. The van der Waals surface area contributed by atoms with E-state index in [0.29, 0.717) is 22.9 Å². The zero-order valence-corrected chi connectivity index (χ0v) is 16.9. The minimum Gasteiger partial charge on any atom is -0.484 e. The number of piperidine rings is 1. The molecule has 1 heterocycles. The number of nitrogens with zero attached hydrogens (tertiary/aromatic N) is 1. The second-order valence-electron chi connectivity index (χ2n) is 6.85. The zero-order chi connectivity index (χ0) is 19.2. The molecule has 6 heteroatoms. The van der Waals surface area contributed by atoms with Gasteiger partial charge in [0, 0.05) is 28.8 Å². The number of carbonyl (C=O) groups is 2. The number of anilines is 1. The van der Waals surface area contributed by atoms with Crippen molar-refractivity contribution in [3.8, 4) is 5.75 Å². The van der Waals surface area contributed by atoms with Gasteiger partial charge in [0.25, 0.3) is 11.8 Å². The summed E-state index contributed by atoms with van der Waals surface area (Å²) in [7, 11) is 0. The molecule has 0 aromatic heterocycles. The van der Waals surface area contributed by atoms with E-state index in [2.05, 4.69) is 28.2 Å². The highest BCUT2D eigenvalue weighted by atomic mass is 79.9. The number of likely N-dealkylation sites (tertiary alicyclic amines) is 1. The molecular weight excluding hydrogens is 408 g/mol. The quantitative estimate of drug-likeness (QED) is 0.767. The molecule has 5 nitrogen and oxygen atoms in total. The Labute approximate surface area is 167 Å². The zero-order valence-electron chi connectivity index (χ0n) is 15.3. The molecule has 0 saturated carbocycles. The van der Waals surface area contributed by atoms with Crippen molar-refractivity contribution in [3.63, 3.8) is 0 Å². The number of halogens is 1. The molecule has 0 radical (unpaired) electrons. The number of amides is 2. The van der Waals surface area contributed by atoms with Crippen LogP contribution in [0.15, 0.2) is 53.0 Å². The van der Waals surface area contributed by atoms with Gasteiger partial charge in [0.15, 0.2) is 6.61 Å². The summed E-state index contributed by atoms with van der Waals surface area (Å²) in [6.45, 7) is 3.70. The Bertz CT molecular complexity index is 799. The molecule has 142 valence electrons. The summed E-state index contributed by atoms with van der Waals surface area (Å²) in [5, 5.41) is 2.78. The van der Waals surface area contributed by atoms with Crippen LogP contribution in [0, 0.1) is 5.92 Å². The Balaban J connectivity index is 1.55. The molecule has 1 aliphatic rings. The van der Waals surface area contributed by atoms with E-state index in [-0.39, 0.29) is 18.4 Å². The molecule has 0 atom stereocenters. The SMILES string of the molecule is CC1CCN(C(=O)c2cccc(NC(=O)COc3ccc(Br)cc3)c2)CC1. The first-order chi connectivity index (χ1) is 13.0. The Morgan fingerprint density at radius 2 is 1.85 bits per heavy atom. The molecule has 2 aromatic rings.